The number of nitriles is 1. The fourth-order valence-corrected chi connectivity index (χ4v) is 2.18. The lowest BCUT2D eigenvalue weighted by molar-refractivity contribution is -0.113. The van der Waals surface area contributed by atoms with Crippen molar-refractivity contribution in [1.82, 2.24) is 0 Å². The summed E-state index contributed by atoms with van der Waals surface area (Å²) in [6.07, 6.45) is 1.41. The zero-order valence-corrected chi connectivity index (χ0v) is 11.6. The number of hydrogen-bond donors (Lipinski definition) is 1. The second kappa shape index (κ2) is 7.78. The molecule has 0 fully saturated rings. The number of carbonyl (C=O) groups is 1. The summed E-state index contributed by atoms with van der Waals surface area (Å²) in [6, 6.07) is 8.00. The van der Waals surface area contributed by atoms with Gasteiger partial charge in [-0.3, -0.25) is 4.79 Å². The van der Waals surface area contributed by atoms with Crippen LogP contribution < -0.4 is 5.32 Å². The Morgan fingerprint density at radius 3 is 2.83 bits per heavy atom. The van der Waals surface area contributed by atoms with Gasteiger partial charge in [-0.25, -0.2) is 0 Å². The molecule has 0 aromatic heterocycles. The highest BCUT2D eigenvalue weighted by atomic mass is 32.2. The average molecular weight is 262 g/mol. The van der Waals surface area contributed by atoms with Crippen LogP contribution in [0.1, 0.15) is 24.0 Å². The molecule has 18 heavy (non-hydrogen) atoms. The van der Waals surface area contributed by atoms with E-state index in [4.69, 9.17) is 5.26 Å². The smallest absolute Gasteiger partial charge is 0.234 e. The summed E-state index contributed by atoms with van der Waals surface area (Å²) >= 11 is 1.56. The monoisotopic (exact) mass is 262 g/mol. The third-order valence-electron chi connectivity index (χ3n) is 2.60. The van der Waals surface area contributed by atoms with Gasteiger partial charge < -0.3 is 5.32 Å². The summed E-state index contributed by atoms with van der Waals surface area (Å²) in [4.78, 5) is 11.6. The second-order valence-electron chi connectivity index (χ2n) is 4.16. The van der Waals surface area contributed by atoms with E-state index >= 15 is 0 Å². The maximum absolute atomic E-state index is 11.6. The Bertz CT molecular complexity index is 452. The third-order valence-corrected chi connectivity index (χ3v) is 3.64. The van der Waals surface area contributed by atoms with Crippen LogP contribution in [-0.4, -0.2) is 17.4 Å². The van der Waals surface area contributed by atoms with Crippen LogP contribution in [0.4, 0.5) is 5.69 Å². The molecule has 1 aromatic rings. The van der Waals surface area contributed by atoms with E-state index in [-0.39, 0.29) is 5.91 Å². The van der Waals surface area contributed by atoms with E-state index in [1.807, 2.05) is 32.0 Å². The maximum Gasteiger partial charge on any atom is 0.234 e. The van der Waals surface area contributed by atoms with E-state index < -0.39 is 0 Å². The van der Waals surface area contributed by atoms with Crippen molar-refractivity contribution in [3.63, 3.8) is 0 Å². The number of aryl methyl sites for hydroxylation is 2. The van der Waals surface area contributed by atoms with Crippen molar-refractivity contribution in [2.24, 2.45) is 0 Å². The largest absolute Gasteiger partial charge is 0.325 e. The number of nitrogens with zero attached hydrogens (tertiary/aromatic N) is 1. The van der Waals surface area contributed by atoms with Crippen LogP contribution >= 0.6 is 11.8 Å². The summed E-state index contributed by atoms with van der Waals surface area (Å²) in [7, 11) is 0. The van der Waals surface area contributed by atoms with E-state index in [2.05, 4.69) is 11.4 Å². The van der Waals surface area contributed by atoms with Crippen molar-refractivity contribution in [2.75, 3.05) is 16.8 Å². The molecule has 0 saturated heterocycles. The van der Waals surface area contributed by atoms with Gasteiger partial charge in [0.05, 0.1) is 11.8 Å². The molecule has 4 heteroatoms. The molecule has 0 heterocycles. The normalized spacial score (nSPS) is 9.83. The lowest BCUT2D eigenvalue weighted by atomic mass is 10.1. The van der Waals surface area contributed by atoms with E-state index in [0.29, 0.717) is 12.2 Å². The minimum absolute atomic E-state index is 0.0141. The summed E-state index contributed by atoms with van der Waals surface area (Å²) in [5.74, 6) is 1.31. The van der Waals surface area contributed by atoms with Gasteiger partial charge in [0.2, 0.25) is 5.91 Å². The lowest BCUT2D eigenvalue weighted by Gasteiger charge is -2.07. The van der Waals surface area contributed by atoms with E-state index in [0.717, 1.165) is 17.9 Å². The van der Waals surface area contributed by atoms with Crippen LogP contribution in [0.15, 0.2) is 18.2 Å². The Balaban J connectivity index is 2.31. The molecule has 0 aliphatic heterocycles. The number of unbranched alkanes of at least 4 members (excludes halogenated alkanes) is 1. The first-order chi connectivity index (χ1) is 8.63. The molecule has 0 spiro atoms. The second-order valence-corrected chi connectivity index (χ2v) is 5.27. The van der Waals surface area contributed by atoms with Crippen molar-refractivity contribution < 1.29 is 4.79 Å². The van der Waals surface area contributed by atoms with Crippen LogP contribution in [0.25, 0.3) is 0 Å². The zero-order valence-electron chi connectivity index (χ0n) is 10.8. The first-order valence-electron chi connectivity index (χ1n) is 5.95. The Morgan fingerprint density at radius 2 is 2.17 bits per heavy atom. The Kier molecular flexibility index (Phi) is 6.31. The standard InChI is InChI=1S/C14H18N2OS/c1-11-5-6-13(9-12(11)2)16-14(17)10-18-8-4-3-7-15/h5-6,9H,3-4,8,10H2,1-2H3,(H,16,17). The van der Waals surface area contributed by atoms with Crippen molar-refractivity contribution in [3.05, 3.63) is 29.3 Å². The van der Waals surface area contributed by atoms with E-state index in [9.17, 15) is 4.79 Å². The molecule has 1 N–H and O–H groups in total. The number of hydrogen-bond acceptors (Lipinski definition) is 3. The maximum atomic E-state index is 11.6. The van der Waals surface area contributed by atoms with Gasteiger partial charge in [-0.1, -0.05) is 6.07 Å². The number of benzene rings is 1. The van der Waals surface area contributed by atoms with Gasteiger partial charge in [-0.05, 0) is 49.3 Å². The highest BCUT2D eigenvalue weighted by molar-refractivity contribution is 7.99. The van der Waals surface area contributed by atoms with Crippen LogP contribution in [0.3, 0.4) is 0 Å². The van der Waals surface area contributed by atoms with Gasteiger partial charge in [0.25, 0.3) is 0 Å². The predicted molar refractivity (Wildman–Crippen MR) is 76.7 cm³/mol. The van der Waals surface area contributed by atoms with Crippen molar-refractivity contribution in [1.29, 1.82) is 5.26 Å². The molecule has 96 valence electrons. The molecule has 0 saturated carbocycles. The number of nitrogens with one attached hydrogen (secondary N) is 1. The Morgan fingerprint density at radius 1 is 1.39 bits per heavy atom. The number of rotatable bonds is 6. The van der Waals surface area contributed by atoms with Crippen molar-refractivity contribution >= 4 is 23.4 Å². The van der Waals surface area contributed by atoms with Crippen LogP contribution in [0.5, 0.6) is 0 Å². The highest BCUT2D eigenvalue weighted by Gasteiger charge is 2.03. The molecule has 0 unspecified atom stereocenters. The summed E-state index contributed by atoms with van der Waals surface area (Å²) in [6.45, 7) is 4.08. The number of anilines is 1. The molecule has 0 atom stereocenters. The molecule has 1 amide bonds. The number of amides is 1. The molecule has 0 radical (unpaired) electrons. The highest BCUT2D eigenvalue weighted by Crippen LogP contribution is 2.14. The molecule has 0 aliphatic rings. The first-order valence-corrected chi connectivity index (χ1v) is 7.10. The third kappa shape index (κ3) is 5.24. The van der Waals surface area contributed by atoms with Gasteiger partial charge >= 0.3 is 0 Å². The molecule has 1 rings (SSSR count). The van der Waals surface area contributed by atoms with Gasteiger partial charge in [-0.2, -0.15) is 17.0 Å². The average Bonchev–Trinajstić information content (AvgIpc) is 2.34. The summed E-state index contributed by atoms with van der Waals surface area (Å²) in [5.41, 5.74) is 3.24. The number of carbonyl (C=O) groups excluding carboxylic acids is 1. The van der Waals surface area contributed by atoms with Gasteiger partial charge in [0.15, 0.2) is 0 Å². The van der Waals surface area contributed by atoms with Gasteiger partial charge in [0.1, 0.15) is 0 Å². The SMILES string of the molecule is Cc1ccc(NC(=O)CSCCCC#N)cc1C. The molecular formula is C14H18N2OS. The molecule has 0 bridgehead atoms. The minimum Gasteiger partial charge on any atom is -0.325 e. The minimum atomic E-state index is 0.0141. The molecule has 3 nitrogen and oxygen atoms in total. The van der Waals surface area contributed by atoms with Gasteiger partial charge in [0, 0.05) is 12.1 Å². The van der Waals surface area contributed by atoms with E-state index in [1.165, 1.54) is 11.1 Å². The quantitative estimate of drug-likeness (QED) is 0.800. The molecule has 0 aliphatic carbocycles. The molecule has 1 aromatic carbocycles. The fourth-order valence-electron chi connectivity index (χ4n) is 1.43. The summed E-state index contributed by atoms with van der Waals surface area (Å²) < 4.78 is 0. The Hall–Kier alpha value is -1.47. The van der Waals surface area contributed by atoms with Crippen LogP contribution in [0.2, 0.25) is 0 Å². The fraction of sp³-hybridized carbons (Fsp3) is 0.429. The first kappa shape index (κ1) is 14.6. The zero-order chi connectivity index (χ0) is 13.4. The van der Waals surface area contributed by atoms with Gasteiger partial charge in [-0.15, -0.1) is 0 Å². The topological polar surface area (TPSA) is 52.9 Å². The lowest BCUT2D eigenvalue weighted by Crippen LogP contribution is -2.14. The van der Waals surface area contributed by atoms with Crippen LogP contribution in [0, 0.1) is 25.2 Å². The molecular weight excluding hydrogens is 244 g/mol. The Labute approximate surface area is 113 Å². The van der Waals surface area contributed by atoms with Crippen molar-refractivity contribution in [3.8, 4) is 6.07 Å². The van der Waals surface area contributed by atoms with Crippen LogP contribution in [-0.2, 0) is 4.79 Å². The number of thioether (sulfide) groups is 1. The van der Waals surface area contributed by atoms with Crippen molar-refractivity contribution in [2.45, 2.75) is 26.7 Å². The van der Waals surface area contributed by atoms with E-state index in [1.54, 1.807) is 11.8 Å². The summed E-state index contributed by atoms with van der Waals surface area (Å²) in [5, 5.41) is 11.3. The predicted octanol–water partition coefficient (Wildman–Crippen LogP) is 3.28.